The molecule has 0 unspecified atom stereocenters. The van der Waals surface area contributed by atoms with Gasteiger partial charge in [-0.3, -0.25) is 4.79 Å². The number of rotatable bonds is 1. The van der Waals surface area contributed by atoms with E-state index in [1.807, 2.05) is 0 Å². The van der Waals surface area contributed by atoms with Crippen LogP contribution in [0.3, 0.4) is 0 Å². The van der Waals surface area contributed by atoms with Crippen molar-refractivity contribution >= 4 is 40.4 Å². The summed E-state index contributed by atoms with van der Waals surface area (Å²) in [6.45, 7) is 0. The Bertz CT molecular complexity index is 595. The highest BCUT2D eigenvalue weighted by atomic mass is 35.5. The molecule has 18 heavy (non-hydrogen) atoms. The minimum absolute atomic E-state index is 0.0567. The van der Waals surface area contributed by atoms with E-state index in [0.29, 0.717) is 5.69 Å². The molecule has 0 heterocycles. The Morgan fingerprint density at radius 1 is 1.06 bits per heavy atom. The Balaban J connectivity index is 2.43. The third-order valence-corrected chi connectivity index (χ3v) is 2.77. The van der Waals surface area contributed by atoms with Crippen LogP contribution in [-0.4, -0.2) is 21.7 Å². The van der Waals surface area contributed by atoms with Crippen molar-refractivity contribution in [3.05, 3.63) is 46.2 Å². The van der Waals surface area contributed by atoms with Gasteiger partial charge in [-0.2, -0.15) is 0 Å². The zero-order chi connectivity index (χ0) is 13.3. The Morgan fingerprint density at radius 2 is 1.67 bits per heavy atom. The van der Waals surface area contributed by atoms with Crippen LogP contribution in [0.2, 0.25) is 10.0 Å². The normalized spacial score (nSPS) is 17.1. The van der Waals surface area contributed by atoms with Crippen molar-refractivity contribution in [1.82, 2.24) is 0 Å². The van der Waals surface area contributed by atoms with Crippen LogP contribution in [0.4, 0.5) is 5.69 Å². The van der Waals surface area contributed by atoms with Gasteiger partial charge in [-0.15, -0.1) is 0 Å². The maximum atomic E-state index is 11.0. The SMILES string of the molecule is O=C1C=CC(=Nc2cc(Cl)c(O)c(Cl)c2)C(O)=C1. The molecule has 2 rings (SSSR count). The smallest absolute Gasteiger partial charge is 0.182 e. The highest BCUT2D eigenvalue weighted by Crippen LogP contribution is 2.35. The number of halogens is 2. The van der Waals surface area contributed by atoms with Crippen LogP contribution in [0.25, 0.3) is 0 Å². The van der Waals surface area contributed by atoms with Gasteiger partial charge in [-0.05, 0) is 24.3 Å². The zero-order valence-electron chi connectivity index (χ0n) is 8.89. The maximum Gasteiger partial charge on any atom is 0.182 e. The zero-order valence-corrected chi connectivity index (χ0v) is 10.4. The average Bonchev–Trinajstić information content (AvgIpc) is 2.29. The largest absolute Gasteiger partial charge is 0.506 e. The first-order valence-electron chi connectivity index (χ1n) is 4.87. The second kappa shape index (κ2) is 4.84. The van der Waals surface area contributed by atoms with Crippen molar-refractivity contribution in [2.45, 2.75) is 0 Å². The predicted molar refractivity (Wildman–Crippen MR) is 70.1 cm³/mol. The highest BCUT2D eigenvalue weighted by Gasteiger charge is 2.11. The molecule has 6 heteroatoms. The first-order valence-corrected chi connectivity index (χ1v) is 5.63. The molecule has 1 aliphatic rings. The fraction of sp³-hybridized carbons (Fsp3) is 0. The van der Waals surface area contributed by atoms with E-state index in [1.54, 1.807) is 0 Å². The number of nitrogens with zero attached hydrogens (tertiary/aromatic N) is 1. The molecule has 0 fully saturated rings. The first kappa shape index (κ1) is 12.7. The second-order valence-corrected chi connectivity index (χ2v) is 4.33. The van der Waals surface area contributed by atoms with Crippen molar-refractivity contribution in [1.29, 1.82) is 0 Å². The molecule has 0 amide bonds. The van der Waals surface area contributed by atoms with Gasteiger partial charge < -0.3 is 10.2 Å². The molecule has 0 bridgehead atoms. The van der Waals surface area contributed by atoms with E-state index in [2.05, 4.69) is 4.99 Å². The molecule has 1 aromatic carbocycles. The van der Waals surface area contributed by atoms with Crippen molar-refractivity contribution in [2.24, 2.45) is 4.99 Å². The topological polar surface area (TPSA) is 69.9 Å². The van der Waals surface area contributed by atoms with Gasteiger partial charge in [-0.1, -0.05) is 23.2 Å². The number of aromatic hydroxyl groups is 1. The van der Waals surface area contributed by atoms with Crippen molar-refractivity contribution < 1.29 is 15.0 Å². The number of benzene rings is 1. The van der Waals surface area contributed by atoms with Gasteiger partial charge >= 0.3 is 0 Å². The number of carbonyl (C=O) groups is 1. The van der Waals surface area contributed by atoms with E-state index in [0.717, 1.165) is 6.08 Å². The summed E-state index contributed by atoms with van der Waals surface area (Å²) in [6.07, 6.45) is 3.72. The van der Waals surface area contributed by atoms with Gasteiger partial charge in [0.15, 0.2) is 11.5 Å². The minimum Gasteiger partial charge on any atom is -0.506 e. The average molecular weight is 284 g/mol. The molecule has 0 saturated heterocycles. The van der Waals surface area contributed by atoms with Crippen LogP contribution in [0.15, 0.2) is 41.1 Å². The van der Waals surface area contributed by atoms with Crippen LogP contribution >= 0.6 is 23.2 Å². The Morgan fingerprint density at radius 3 is 2.22 bits per heavy atom. The second-order valence-electron chi connectivity index (χ2n) is 3.52. The van der Waals surface area contributed by atoms with E-state index in [4.69, 9.17) is 23.2 Å². The van der Waals surface area contributed by atoms with E-state index in [9.17, 15) is 15.0 Å². The number of phenols is 1. The van der Waals surface area contributed by atoms with Crippen molar-refractivity contribution in [3.63, 3.8) is 0 Å². The minimum atomic E-state index is -0.312. The Labute approximate surface area is 112 Å². The third kappa shape index (κ3) is 2.55. The van der Waals surface area contributed by atoms with Crippen molar-refractivity contribution in [3.8, 4) is 5.75 Å². The summed E-state index contributed by atoms with van der Waals surface area (Å²) in [5, 5.41) is 19.0. The van der Waals surface area contributed by atoms with Crippen molar-refractivity contribution in [2.75, 3.05) is 0 Å². The summed E-state index contributed by atoms with van der Waals surface area (Å²) < 4.78 is 0. The number of hydrogen-bond acceptors (Lipinski definition) is 4. The van der Waals surface area contributed by atoms with E-state index < -0.39 is 0 Å². The molecule has 92 valence electrons. The number of aliphatic hydroxyl groups is 1. The van der Waals surface area contributed by atoms with Gasteiger partial charge in [0, 0.05) is 6.08 Å². The Hall–Kier alpha value is -1.78. The number of carbonyl (C=O) groups excluding carboxylic acids is 1. The molecule has 0 radical (unpaired) electrons. The van der Waals surface area contributed by atoms with E-state index in [1.165, 1.54) is 24.3 Å². The highest BCUT2D eigenvalue weighted by molar-refractivity contribution is 6.37. The van der Waals surface area contributed by atoms with Crippen LogP contribution in [0, 0.1) is 0 Å². The molecule has 0 aliphatic heterocycles. The molecule has 0 saturated carbocycles. The monoisotopic (exact) mass is 283 g/mol. The lowest BCUT2D eigenvalue weighted by molar-refractivity contribution is -0.110. The van der Waals surface area contributed by atoms with Crippen LogP contribution < -0.4 is 0 Å². The number of aliphatic hydroxyl groups excluding tert-OH is 1. The summed E-state index contributed by atoms with van der Waals surface area (Å²) >= 11 is 11.5. The Kier molecular flexibility index (Phi) is 3.41. The number of hydrogen-bond donors (Lipinski definition) is 2. The first-order chi connectivity index (χ1) is 8.47. The molecule has 4 nitrogen and oxygen atoms in total. The van der Waals surface area contributed by atoms with Gasteiger partial charge in [0.1, 0.15) is 11.5 Å². The lowest BCUT2D eigenvalue weighted by Crippen LogP contribution is -2.06. The fourth-order valence-electron chi connectivity index (χ4n) is 1.35. The number of aliphatic imine (C=N–C) groups is 1. The summed E-state index contributed by atoms with van der Waals surface area (Å²) in [5.74, 6) is -0.771. The fourth-order valence-corrected chi connectivity index (χ4v) is 1.83. The third-order valence-electron chi connectivity index (χ3n) is 2.20. The lowest BCUT2D eigenvalue weighted by Gasteiger charge is -2.06. The van der Waals surface area contributed by atoms with Crippen LogP contribution in [-0.2, 0) is 4.79 Å². The molecule has 2 N–H and O–H groups in total. The van der Waals surface area contributed by atoms with E-state index >= 15 is 0 Å². The molecule has 0 atom stereocenters. The van der Waals surface area contributed by atoms with Gasteiger partial charge in [-0.25, -0.2) is 4.99 Å². The van der Waals surface area contributed by atoms with Gasteiger partial charge in [0.05, 0.1) is 15.7 Å². The quantitative estimate of drug-likeness (QED) is 0.777. The molecular weight excluding hydrogens is 277 g/mol. The van der Waals surface area contributed by atoms with E-state index in [-0.39, 0.29) is 33.0 Å². The molecule has 0 aromatic heterocycles. The summed E-state index contributed by atoms with van der Waals surface area (Å²) in [4.78, 5) is 15.0. The number of phenolic OH excluding ortho intramolecular Hbond substituents is 1. The number of allylic oxidation sites excluding steroid dienone is 3. The summed E-state index contributed by atoms with van der Waals surface area (Å²) in [7, 11) is 0. The maximum absolute atomic E-state index is 11.0. The van der Waals surface area contributed by atoms with Gasteiger partial charge in [0.2, 0.25) is 0 Å². The molecule has 1 aromatic rings. The predicted octanol–water partition coefficient (Wildman–Crippen LogP) is 3.35. The number of ketones is 1. The molecule has 0 spiro atoms. The van der Waals surface area contributed by atoms with Gasteiger partial charge in [0.25, 0.3) is 0 Å². The summed E-state index contributed by atoms with van der Waals surface area (Å²) in [5.41, 5.74) is 0.573. The molecular formula is C12H7Cl2NO3. The summed E-state index contributed by atoms with van der Waals surface area (Å²) in [6, 6.07) is 2.79. The van der Waals surface area contributed by atoms with Crippen LogP contribution in [0.5, 0.6) is 5.75 Å². The lowest BCUT2D eigenvalue weighted by atomic mass is 10.1. The van der Waals surface area contributed by atoms with Crippen LogP contribution in [0.1, 0.15) is 0 Å². The molecule has 1 aliphatic carbocycles. The standard InChI is InChI=1S/C12H7Cl2NO3/c13-8-3-6(4-9(14)12(8)18)15-10-2-1-7(16)5-11(10)17/h1-5,17-18H.